The van der Waals surface area contributed by atoms with Crippen LogP contribution in [0.2, 0.25) is 0 Å². The van der Waals surface area contributed by atoms with Crippen LogP contribution < -0.4 is 5.32 Å². The molecule has 0 radical (unpaired) electrons. The minimum atomic E-state index is 0.685. The van der Waals surface area contributed by atoms with Gasteiger partial charge in [0.05, 0.1) is 6.07 Å². The Labute approximate surface area is 91.9 Å². The summed E-state index contributed by atoms with van der Waals surface area (Å²) < 4.78 is 0. The third kappa shape index (κ3) is 5.07. The number of benzene rings is 1. The largest absolute Gasteiger partial charge is 0.385 e. The fourth-order valence-corrected chi connectivity index (χ4v) is 1.41. The smallest absolute Gasteiger partial charge is 0.0621 e. The molecule has 2 nitrogen and oxygen atoms in total. The summed E-state index contributed by atoms with van der Waals surface area (Å²) in [6.45, 7) is 3.08. The summed E-state index contributed by atoms with van der Waals surface area (Å²) in [6.07, 6.45) is 3.97. The SMILES string of the molecule is Cc1ccc(NCCCCCC#N)cc1. The number of hydrogen-bond donors (Lipinski definition) is 1. The zero-order valence-corrected chi connectivity index (χ0v) is 9.29. The molecule has 0 aromatic heterocycles. The van der Waals surface area contributed by atoms with Crippen molar-refractivity contribution in [2.75, 3.05) is 11.9 Å². The third-order valence-electron chi connectivity index (χ3n) is 2.35. The molecule has 0 aliphatic rings. The summed E-state index contributed by atoms with van der Waals surface area (Å²) in [7, 11) is 0. The van der Waals surface area contributed by atoms with Crippen molar-refractivity contribution in [1.29, 1.82) is 5.26 Å². The first-order chi connectivity index (χ1) is 7.33. The summed E-state index contributed by atoms with van der Waals surface area (Å²) >= 11 is 0. The fourth-order valence-electron chi connectivity index (χ4n) is 1.41. The van der Waals surface area contributed by atoms with Crippen molar-refractivity contribution in [3.8, 4) is 6.07 Å². The van der Waals surface area contributed by atoms with Crippen LogP contribution in [0.5, 0.6) is 0 Å². The number of hydrogen-bond acceptors (Lipinski definition) is 2. The molecule has 80 valence electrons. The minimum absolute atomic E-state index is 0.685. The summed E-state index contributed by atoms with van der Waals surface area (Å²) in [5.74, 6) is 0. The van der Waals surface area contributed by atoms with Gasteiger partial charge in [-0.3, -0.25) is 0 Å². The Morgan fingerprint density at radius 2 is 1.87 bits per heavy atom. The first-order valence-electron chi connectivity index (χ1n) is 5.50. The van der Waals surface area contributed by atoms with Crippen LogP contribution in [0.4, 0.5) is 5.69 Å². The van der Waals surface area contributed by atoms with Gasteiger partial charge in [-0.1, -0.05) is 24.1 Å². The molecule has 0 heterocycles. The van der Waals surface area contributed by atoms with Crippen molar-refractivity contribution in [2.45, 2.75) is 32.6 Å². The molecule has 0 bridgehead atoms. The Kier molecular flexibility index (Phi) is 5.32. The van der Waals surface area contributed by atoms with Gasteiger partial charge in [0, 0.05) is 18.7 Å². The molecule has 15 heavy (non-hydrogen) atoms. The van der Waals surface area contributed by atoms with Crippen molar-refractivity contribution < 1.29 is 0 Å². The lowest BCUT2D eigenvalue weighted by Gasteiger charge is -2.05. The summed E-state index contributed by atoms with van der Waals surface area (Å²) in [5, 5.41) is 11.7. The van der Waals surface area contributed by atoms with Crippen LogP contribution in [0.15, 0.2) is 24.3 Å². The number of nitrogens with zero attached hydrogens (tertiary/aromatic N) is 1. The molecular formula is C13H18N2. The van der Waals surface area contributed by atoms with E-state index in [4.69, 9.17) is 5.26 Å². The molecule has 0 fully saturated rings. The van der Waals surface area contributed by atoms with E-state index in [2.05, 4.69) is 42.6 Å². The van der Waals surface area contributed by atoms with Gasteiger partial charge in [-0.05, 0) is 31.9 Å². The van der Waals surface area contributed by atoms with Gasteiger partial charge < -0.3 is 5.32 Å². The molecule has 1 aromatic carbocycles. The molecule has 0 saturated carbocycles. The summed E-state index contributed by atoms with van der Waals surface area (Å²) in [6, 6.07) is 10.6. The number of anilines is 1. The van der Waals surface area contributed by atoms with Gasteiger partial charge in [0.1, 0.15) is 0 Å². The van der Waals surface area contributed by atoms with Crippen LogP contribution in [0.3, 0.4) is 0 Å². The van der Waals surface area contributed by atoms with Gasteiger partial charge in [-0.2, -0.15) is 5.26 Å². The van der Waals surface area contributed by atoms with Crippen molar-refractivity contribution >= 4 is 5.69 Å². The number of nitrogens with one attached hydrogen (secondary N) is 1. The van der Waals surface area contributed by atoms with Gasteiger partial charge in [-0.25, -0.2) is 0 Å². The molecule has 0 spiro atoms. The molecule has 0 aliphatic carbocycles. The zero-order chi connectivity index (χ0) is 10.9. The lowest BCUT2D eigenvalue weighted by molar-refractivity contribution is 0.712. The maximum Gasteiger partial charge on any atom is 0.0621 e. The minimum Gasteiger partial charge on any atom is -0.385 e. The lowest BCUT2D eigenvalue weighted by atomic mass is 10.2. The van der Waals surface area contributed by atoms with E-state index in [1.165, 1.54) is 11.3 Å². The molecule has 0 atom stereocenters. The quantitative estimate of drug-likeness (QED) is 0.717. The van der Waals surface area contributed by atoms with Crippen LogP contribution in [0, 0.1) is 18.3 Å². The van der Waals surface area contributed by atoms with Gasteiger partial charge in [0.15, 0.2) is 0 Å². The Morgan fingerprint density at radius 3 is 2.53 bits per heavy atom. The van der Waals surface area contributed by atoms with Crippen LogP contribution in [0.1, 0.15) is 31.2 Å². The molecule has 1 N–H and O–H groups in total. The monoisotopic (exact) mass is 202 g/mol. The van der Waals surface area contributed by atoms with Crippen LogP contribution >= 0.6 is 0 Å². The van der Waals surface area contributed by atoms with Gasteiger partial charge >= 0.3 is 0 Å². The number of rotatable bonds is 6. The Hall–Kier alpha value is -1.49. The zero-order valence-electron chi connectivity index (χ0n) is 9.29. The van der Waals surface area contributed by atoms with Crippen LogP contribution in [0.25, 0.3) is 0 Å². The van der Waals surface area contributed by atoms with E-state index in [9.17, 15) is 0 Å². The molecule has 1 rings (SSSR count). The van der Waals surface area contributed by atoms with Crippen molar-refractivity contribution in [3.63, 3.8) is 0 Å². The maximum absolute atomic E-state index is 8.36. The van der Waals surface area contributed by atoms with E-state index in [0.29, 0.717) is 6.42 Å². The first-order valence-corrected chi connectivity index (χ1v) is 5.50. The van der Waals surface area contributed by atoms with E-state index in [1.807, 2.05) is 0 Å². The molecule has 0 saturated heterocycles. The van der Waals surface area contributed by atoms with Crippen molar-refractivity contribution in [3.05, 3.63) is 29.8 Å². The maximum atomic E-state index is 8.36. The lowest BCUT2D eigenvalue weighted by Crippen LogP contribution is -2.00. The van der Waals surface area contributed by atoms with Gasteiger partial charge in [-0.15, -0.1) is 0 Å². The predicted molar refractivity (Wildman–Crippen MR) is 63.7 cm³/mol. The highest BCUT2D eigenvalue weighted by molar-refractivity contribution is 5.44. The summed E-state index contributed by atoms with van der Waals surface area (Å²) in [4.78, 5) is 0. The molecule has 2 heteroatoms. The van der Waals surface area contributed by atoms with Crippen LogP contribution in [-0.4, -0.2) is 6.54 Å². The van der Waals surface area contributed by atoms with Crippen molar-refractivity contribution in [2.24, 2.45) is 0 Å². The standard InChI is InChI=1S/C13H18N2/c1-12-6-8-13(9-7-12)15-11-5-3-2-4-10-14/h6-9,15H,2-5,11H2,1H3. The second kappa shape index (κ2) is 6.89. The van der Waals surface area contributed by atoms with E-state index >= 15 is 0 Å². The fraction of sp³-hybridized carbons (Fsp3) is 0.462. The van der Waals surface area contributed by atoms with Gasteiger partial charge in [0.25, 0.3) is 0 Å². The van der Waals surface area contributed by atoms with E-state index in [0.717, 1.165) is 25.8 Å². The second-order valence-electron chi connectivity index (χ2n) is 3.76. The average molecular weight is 202 g/mol. The molecule has 1 aromatic rings. The second-order valence-corrected chi connectivity index (χ2v) is 3.76. The van der Waals surface area contributed by atoms with Crippen molar-refractivity contribution in [1.82, 2.24) is 0 Å². The normalized spacial score (nSPS) is 9.60. The van der Waals surface area contributed by atoms with Crippen LogP contribution in [-0.2, 0) is 0 Å². The predicted octanol–water partition coefficient (Wildman–Crippen LogP) is 3.49. The molecule has 0 aliphatic heterocycles. The van der Waals surface area contributed by atoms with E-state index in [1.54, 1.807) is 0 Å². The number of unbranched alkanes of at least 4 members (excludes halogenated alkanes) is 3. The third-order valence-corrected chi connectivity index (χ3v) is 2.35. The number of nitriles is 1. The molecular weight excluding hydrogens is 184 g/mol. The Balaban J connectivity index is 2.10. The highest BCUT2D eigenvalue weighted by Crippen LogP contribution is 2.09. The number of aryl methyl sites for hydroxylation is 1. The molecule has 0 amide bonds. The highest BCUT2D eigenvalue weighted by Gasteiger charge is 1.91. The topological polar surface area (TPSA) is 35.8 Å². The first kappa shape index (κ1) is 11.6. The summed E-state index contributed by atoms with van der Waals surface area (Å²) in [5.41, 5.74) is 2.47. The average Bonchev–Trinajstić information content (AvgIpc) is 2.26. The van der Waals surface area contributed by atoms with Gasteiger partial charge in [0.2, 0.25) is 0 Å². The molecule has 0 unspecified atom stereocenters. The van der Waals surface area contributed by atoms with E-state index in [-0.39, 0.29) is 0 Å². The Bertz CT molecular complexity index is 308. The Morgan fingerprint density at radius 1 is 1.13 bits per heavy atom. The highest BCUT2D eigenvalue weighted by atomic mass is 14.9. The van der Waals surface area contributed by atoms with E-state index < -0.39 is 0 Å².